The van der Waals surface area contributed by atoms with Gasteiger partial charge >= 0.3 is 36.2 Å². The summed E-state index contributed by atoms with van der Waals surface area (Å²) in [5.74, 6) is -2.41. The molecule has 2 aromatic heterocycles. The number of hydrogen-bond donors (Lipinski definition) is 0. The molecule has 0 bridgehead atoms. The second-order valence-electron chi connectivity index (χ2n) is 18.6. The average molecular weight is 1250 g/mol. The van der Waals surface area contributed by atoms with Crippen LogP contribution >= 0.6 is 0 Å². The van der Waals surface area contributed by atoms with Crippen LogP contribution in [0.2, 0.25) is 0 Å². The highest BCUT2D eigenvalue weighted by molar-refractivity contribution is 7.91. The first-order chi connectivity index (χ1) is 40.4. The molecule has 3 heterocycles. The van der Waals surface area contributed by atoms with Gasteiger partial charge in [-0.25, -0.2) is 26.2 Å². The van der Waals surface area contributed by atoms with Crippen molar-refractivity contribution in [1.82, 2.24) is 29.6 Å². The van der Waals surface area contributed by atoms with E-state index in [1.165, 1.54) is 91.8 Å². The minimum Gasteiger partial charge on any atom is -0.569 e. The summed E-state index contributed by atoms with van der Waals surface area (Å²) >= 11 is 0. The van der Waals surface area contributed by atoms with Gasteiger partial charge in [0.05, 0.1) is 68.9 Å². The van der Waals surface area contributed by atoms with E-state index in [-0.39, 0.29) is 75.1 Å². The minimum atomic E-state index is -4.72. The molecule has 1 atom stereocenters. The number of nitrogens with zero attached hydrogens (tertiary/aromatic N) is 10. The quantitative estimate of drug-likeness (QED) is 0.00898. The van der Waals surface area contributed by atoms with Crippen LogP contribution in [0.4, 0.5) is 26.3 Å². The number of rotatable bonds is 23. The molecule has 1 aliphatic rings. The number of esters is 4. The monoisotopic (exact) mass is 1250 g/mol. The Morgan fingerprint density at radius 1 is 0.640 bits per heavy atom. The van der Waals surface area contributed by atoms with Gasteiger partial charge in [-0.1, -0.05) is 48.5 Å². The van der Waals surface area contributed by atoms with Crippen molar-refractivity contribution in [2.75, 3.05) is 59.4 Å². The maximum atomic E-state index is 13.5. The predicted molar refractivity (Wildman–Crippen MR) is 283 cm³/mol. The van der Waals surface area contributed by atoms with Crippen molar-refractivity contribution in [1.29, 1.82) is 0 Å². The Morgan fingerprint density at radius 2 is 1.06 bits per heavy atom. The van der Waals surface area contributed by atoms with Crippen molar-refractivity contribution in [3.05, 3.63) is 142 Å². The van der Waals surface area contributed by atoms with Crippen LogP contribution in [0, 0.1) is 10.4 Å². The van der Waals surface area contributed by atoms with E-state index in [9.17, 15) is 72.8 Å². The highest BCUT2D eigenvalue weighted by atomic mass is 32.2. The number of likely N-dealkylation sites (N-methyl/N-ethyl adjacent to an activating group) is 1. The zero-order valence-corrected chi connectivity index (χ0v) is 47.8. The Balaban J connectivity index is 0.000000275. The summed E-state index contributed by atoms with van der Waals surface area (Å²) in [5.41, 5.74) is 0.129. The van der Waals surface area contributed by atoms with E-state index in [2.05, 4.69) is 39.9 Å². The van der Waals surface area contributed by atoms with Gasteiger partial charge in [-0.05, 0) is 84.6 Å². The summed E-state index contributed by atoms with van der Waals surface area (Å²) in [6, 6.07) is 24.2. The number of hydrazine groups is 2. The minimum absolute atomic E-state index is 0.00417. The molecule has 4 aromatic carbocycles. The lowest BCUT2D eigenvalue weighted by molar-refractivity contribution is -0.715. The van der Waals surface area contributed by atoms with E-state index in [0.717, 1.165) is 45.9 Å². The van der Waals surface area contributed by atoms with Gasteiger partial charge in [0.25, 0.3) is 13.6 Å². The second-order valence-corrected chi connectivity index (χ2v) is 22.6. The summed E-state index contributed by atoms with van der Waals surface area (Å²) in [6.45, 7) is 1.32. The molecule has 0 N–H and O–H groups in total. The van der Waals surface area contributed by atoms with Crippen LogP contribution in [0.25, 0.3) is 33.9 Å². The Labute approximate surface area is 486 Å². The maximum absolute atomic E-state index is 13.5. The van der Waals surface area contributed by atoms with Crippen LogP contribution in [0.1, 0.15) is 49.2 Å². The summed E-state index contributed by atoms with van der Waals surface area (Å²) < 4.78 is 150. The number of halogens is 6. The Bertz CT molecular complexity index is 3640. The van der Waals surface area contributed by atoms with Crippen LogP contribution in [0.15, 0.2) is 130 Å². The molecular weight excluding hydrogens is 1200 g/mol. The van der Waals surface area contributed by atoms with Crippen LogP contribution in [0.5, 0.6) is 0 Å². The number of benzene rings is 4. The summed E-state index contributed by atoms with van der Waals surface area (Å²) in [5, 5.41) is 40.1. The molecule has 34 heteroatoms. The zero-order chi connectivity index (χ0) is 63.1. The zero-order valence-electron chi connectivity index (χ0n) is 46.1. The summed E-state index contributed by atoms with van der Waals surface area (Å²) in [6.07, 6.45) is -6.49. The Kier molecular flexibility index (Phi) is 21.8. The molecular formula is C52H54F6N10O16S2. The number of ether oxygens (including phenoxy) is 4. The average Bonchev–Trinajstić information content (AvgIpc) is 2.96. The lowest BCUT2D eigenvalue weighted by Gasteiger charge is -2.19. The van der Waals surface area contributed by atoms with E-state index in [1.54, 1.807) is 24.3 Å². The Morgan fingerprint density at radius 3 is 1.47 bits per heavy atom. The van der Waals surface area contributed by atoms with E-state index >= 15 is 0 Å². The van der Waals surface area contributed by atoms with Crippen molar-refractivity contribution in [2.45, 2.75) is 67.7 Å². The first-order valence-electron chi connectivity index (χ1n) is 25.2. The van der Waals surface area contributed by atoms with E-state index in [4.69, 9.17) is 9.47 Å². The number of carbonyl (C=O) groups is 4. The molecule has 1 aliphatic heterocycles. The molecule has 7 rings (SSSR count). The van der Waals surface area contributed by atoms with Gasteiger partial charge in [0.1, 0.15) is 25.8 Å². The van der Waals surface area contributed by atoms with Crippen molar-refractivity contribution < 1.29 is 101 Å². The largest absolute Gasteiger partial charge is 0.569 e. The van der Waals surface area contributed by atoms with Gasteiger partial charge in [0, 0.05) is 37.5 Å². The van der Waals surface area contributed by atoms with Crippen LogP contribution < -0.4 is 0 Å². The van der Waals surface area contributed by atoms with Gasteiger partial charge in [0.15, 0.2) is 31.1 Å². The summed E-state index contributed by atoms with van der Waals surface area (Å²) in [7, 11) is -5.66. The van der Waals surface area contributed by atoms with E-state index in [1.807, 2.05) is 0 Å². The standard InChI is InChI=1S/C27H28F3N5O8S.C25H26F3N5O8S/c1-18(36)42-17-43-32-35(38)33-13-3-4-22(33)16-41-26(37)14-19-5-7-20(8-6-19)24-15-25(27(28,29)30)31-34(24)21-9-11-23(12-10-21)44(2,39)40;1-17(34)40-16-41-30-33(36)31(2)12-13-39-24(35)14-18-4-6-19(7-5-18)22-15-23(25(26,27)28)29-32(22)20-8-10-21(11-9-20)42(3,37)38/h5-12,15,22H,3-4,13-14,16-17H2,1-2H3;4-11,15H,12-14,16H2,1-3H3/b35-32-;33-30-. The number of carbonyl (C=O) groups excluding carboxylic acids is 4. The molecule has 0 radical (unpaired) electrons. The lowest BCUT2D eigenvalue weighted by atomic mass is 10.1. The first-order valence-corrected chi connectivity index (χ1v) is 29.0. The van der Waals surface area contributed by atoms with Crippen molar-refractivity contribution in [3.63, 3.8) is 0 Å². The highest BCUT2D eigenvalue weighted by Crippen LogP contribution is 2.35. The van der Waals surface area contributed by atoms with Gasteiger partial charge in [-0.3, -0.25) is 19.2 Å². The van der Waals surface area contributed by atoms with Crippen LogP contribution in [0.3, 0.4) is 0 Å². The molecule has 0 aliphatic carbocycles. The maximum Gasteiger partial charge on any atom is 0.435 e. The van der Waals surface area contributed by atoms with E-state index in [0.29, 0.717) is 41.6 Å². The molecule has 462 valence electrons. The van der Waals surface area contributed by atoms with Gasteiger partial charge in [0.2, 0.25) is 10.6 Å². The third-order valence-electron chi connectivity index (χ3n) is 12.1. The van der Waals surface area contributed by atoms with Crippen molar-refractivity contribution in [2.24, 2.45) is 10.6 Å². The topological polar surface area (TPSA) is 311 Å². The lowest BCUT2D eigenvalue weighted by Crippen LogP contribution is -2.39. The Hall–Kier alpha value is -9.34. The second kappa shape index (κ2) is 28.5. The highest BCUT2D eigenvalue weighted by Gasteiger charge is 2.37. The van der Waals surface area contributed by atoms with E-state index < -0.39 is 86.9 Å². The smallest absolute Gasteiger partial charge is 0.435 e. The molecule has 1 fully saturated rings. The summed E-state index contributed by atoms with van der Waals surface area (Å²) in [4.78, 5) is 55.6. The molecule has 0 amide bonds. The molecule has 0 saturated carbocycles. The molecule has 0 spiro atoms. The number of sulfone groups is 2. The van der Waals surface area contributed by atoms with Gasteiger partial charge in [-0.15, -0.1) is 10.0 Å². The predicted octanol–water partition coefficient (Wildman–Crippen LogP) is 7.15. The fraction of sp³-hybridized carbons (Fsp3) is 0.346. The fourth-order valence-electron chi connectivity index (χ4n) is 7.79. The molecule has 1 saturated heterocycles. The van der Waals surface area contributed by atoms with Crippen LogP contribution in [-0.4, -0.2) is 146 Å². The number of alkyl halides is 6. The normalized spacial score (nSPS) is 13.9. The number of hydrogen-bond acceptors (Lipinski definition) is 20. The fourth-order valence-corrected chi connectivity index (χ4v) is 9.05. The van der Waals surface area contributed by atoms with Crippen molar-refractivity contribution in [3.8, 4) is 33.9 Å². The van der Waals surface area contributed by atoms with Gasteiger partial charge in [-0.2, -0.15) is 36.5 Å². The third-order valence-corrected chi connectivity index (χ3v) is 14.3. The third kappa shape index (κ3) is 19.1. The molecule has 6 aromatic rings. The first kappa shape index (κ1) is 65.8. The molecule has 1 unspecified atom stereocenters. The molecule has 86 heavy (non-hydrogen) atoms. The molecule has 26 nitrogen and oxygen atoms in total. The van der Waals surface area contributed by atoms with Gasteiger partial charge < -0.3 is 39.0 Å². The SMILES string of the molecule is CC(=O)OCO/N=[N+](\[O-])N(C)CCOC(=O)Cc1ccc(-c2cc(C(F)(F)F)nn2-c2ccc(S(C)(=O)=O)cc2)cc1.CC(=O)OCO/N=[N+](\[O-])N1CCCC1COC(=O)Cc1ccc(-c2cc(C(F)(F)F)nn2-c2ccc(S(C)(=O)=O)cc2)cc1. The van der Waals surface area contributed by atoms with Crippen LogP contribution in [-0.2, 0) is 92.7 Å². The number of aromatic nitrogens is 4. The van der Waals surface area contributed by atoms with Crippen molar-refractivity contribution >= 4 is 43.6 Å².